The van der Waals surface area contributed by atoms with Crippen LogP contribution in [0.25, 0.3) is 0 Å². The number of aryl methyl sites for hydroxylation is 1. The smallest absolute Gasteiger partial charge is 0.227 e. The standard InChI is InChI=1S/C18H24N2O2/c1-14-4-7-16(8-5-14)20(13-3-12-19)18(21)11-10-17-9-6-15(2)22-17/h4-5,7-8,15,17H,3,6,9-11,13H2,1-2H3/t15-,17-/m1/s1. The van der Waals surface area contributed by atoms with Gasteiger partial charge in [-0.15, -0.1) is 0 Å². The Kier molecular flexibility index (Phi) is 5.97. The summed E-state index contributed by atoms with van der Waals surface area (Å²) in [4.78, 5) is 14.3. The average molecular weight is 300 g/mol. The lowest BCUT2D eigenvalue weighted by Gasteiger charge is -2.23. The van der Waals surface area contributed by atoms with Crippen molar-refractivity contribution in [3.05, 3.63) is 29.8 Å². The highest BCUT2D eigenvalue weighted by atomic mass is 16.5. The van der Waals surface area contributed by atoms with Crippen molar-refractivity contribution in [3.63, 3.8) is 0 Å². The number of hydrogen-bond donors (Lipinski definition) is 0. The Balaban J connectivity index is 1.96. The number of nitrogens with zero attached hydrogens (tertiary/aromatic N) is 2. The number of hydrogen-bond acceptors (Lipinski definition) is 3. The van der Waals surface area contributed by atoms with Crippen molar-refractivity contribution in [2.45, 2.75) is 58.2 Å². The van der Waals surface area contributed by atoms with Gasteiger partial charge in [0.05, 0.1) is 24.7 Å². The highest BCUT2D eigenvalue weighted by Crippen LogP contribution is 2.24. The molecule has 0 bridgehead atoms. The van der Waals surface area contributed by atoms with E-state index < -0.39 is 0 Å². The molecular formula is C18H24N2O2. The largest absolute Gasteiger partial charge is 0.375 e. The summed E-state index contributed by atoms with van der Waals surface area (Å²) in [6, 6.07) is 9.98. The first kappa shape index (κ1) is 16.5. The second-order valence-corrected chi connectivity index (χ2v) is 5.97. The molecule has 0 N–H and O–H groups in total. The van der Waals surface area contributed by atoms with Gasteiger partial charge < -0.3 is 9.64 Å². The van der Waals surface area contributed by atoms with E-state index in [1.807, 2.05) is 31.2 Å². The SMILES string of the molecule is Cc1ccc(N(CCC#N)C(=O)CC[C@H]2CC[C@@H](C)O2)cc1. The predicted molar refractivity (Wildman–Crippen MR) is 86.6 cm³/mol. The molecule has 0 saturated carbocycles. The molecule has 0 aliphatic carbocycles. The van der Waals surface area contributed by atoms with Crippen molar-refractivity contribution in [2.24, 2.45) is 0 Å². The fraction of sp³-hybridized carbons (Fsp3) is 0.556. The number of amides is 1. The molecule has 1 saturated heterocycles. The zero-order valence-electron chi connectivity index (χ0n) is 13.4. The van der Waals surface area contributed by atoms with Crippen LogP contribution in [-0.4, -0.2) is 24.7 Å². The van der Waals surface area contributed by atoms with E-state index in [0.29, 0.717) is 25.5 Å². The zero-order chi connectivity index (χ0) is 15.9. The maximum atomic E-state index is 12.5. The van der Waals surface area contributed by atoms with E-state index >= 15 is 0 Å². The number of rotatable bonds is 6. The molecule has 1 aliphatic heterocycles. The minimum atomic E-state index is 0.0715. The Bertz CT molecular complexity index is 533. The van der Waals surface area contributed by atoms with Crippen molar-refractivity contribution >= 4 is 11.6 Å². The molecule has 4 heteroatoms. The molecule has 1 heterocycles. The van der Waals surface area contributed by atoms with Crippen molar-refractivity contribution in [1.82, 2.24) is 0 Å². The van der Waals surface area contributed by atoms with Gasteiger partial charge in [0.25, 0.3) is 0 Å². The highest BCUT2D eigenvalue weighted by Gasteiger charge is 2.24. The van der Waals surface area contributed by atoms with Gasteiger partial charge in [-0.1, -0.05) is 17.7 Å². The van der Waals surface area contributed by atoms with E-state index in [1.165, 1.54) is 0 Å². The lowest BCUT2D eigenvalue weighted by atomic mass is 10.1. The van der Waals surface area contributed by atoms with Crippen molar-refractivity contribution < 1.29 is 9.53 Å². The lowest BCUT2D eigenvalue weighted by Crippen LogP contribution is -2.32. The van der Waals surface area contributed by atoms with E-state index in [9.17, 15) is 4.79 Å². The van der Waals surface area contributed by atoms with Gasteiger partial charge in [0.2, 0.25) is 5.91 Å². The summed E-state index contributed by atoms with van der Waals surface area (Å²) in [5.41, 5.74) is 2.02. The first-order valence-electron chi connectivity index (χ1n) is 7.99. The van der Waals surface area contributed by atoms with Crippen LogP contribution in [0, 0.1) is 18.3 Å². The van der Waals surface area contributed by atoms with Gasteiger partial charge in [-0.3, -0.25) is 4.79 Å². The molecule has 4 nitrogen and oxygen atoms in total. The van der Waals surface area contributed by atoms with Gasteiger partial charge in [-0.2, -0.15) is 5.26 Å². The Morgan fingerprint density at radius 3 is 2.68 bits per heavy atom. The van der Waals surface area contributed by atoms with Gasteiger partial charge in [0.15, 0.2) is 0 Å². The topological polar surface area (TPSA) is 53.3 Å². The molecule has 22 heavy (non-hydrogen) atoms. The predicted octanol–water partition coefficient (Wildman–Crippen LogP) is 3.59. The first-order valence-corrected chi connectivity index (χ1v) is 7.99. The van der Waals surface area contributed by atoms with Crippen LogP contribution < -0.4 is 4.90 Å². The minimum absolute atomic E-state index is 0.0715. The quantitative estimate of drug-likeness (QED) is 0.806. The van der Waals surface area contributed by atoms with Gasteiger partial charge in [0, 0.05) is 18.7 Å². The van der Waals surface area contributed by atoms with Crippen LogP contribution in [0.2, 0.25) is 0 Å². The molecule has 0 unspecified atom stereocenters. The minimum Gasteiger partial charge on any atom is -0.375 e. The summed E-state index contributed by atoms with van der Waals surface area (Å²) >= 11 is 0. The summed E-state index contributed by atoms with van der Waals surface area (Å²) in [6.07, 6.45) is 4.21. The Labute approximate surface area is 132 Å². The summed E-state index contributed by atoms with van der Waals surface area (Å²) in [5.74, 6) is 0.0715. The molecule has 1 aliphatic rings. The number of ether oxygens (including phenoxy) is 1. The van der Waals surface area contributed by atoms with Crippen LogP contribution in [0.15, 0.2) is 24.3 Å². The monoisotopic (exact) mass is 300 g/mol. The van der Waals surface area contributed by atoms with Gasteiger partial charge >= 0.3 is 0 Å². The number of nitriles is 1. The molecule has 1 fully saturated rings. The maximum Gasteiger partial charge on any atom is 0.227 e. The molecule has 118 valence electrons. The van der Waals surface area contributed by atoms with Crippen LogP contribution in [0.4, 0.5) is 5.69 Å². The maximum absolute atomic E-state index is 12.5. The van der Waals surface area contributed by atoms with Gasteiger partial charge in [-0.05, 0) is 45.2 Å². The molecule has 1 aromatic carbocycles. The normalized spacial score (nSPS) is 20.6. The van der Waals surface area contributed by atoms with Crippen molar-refractivity contribution in [2.75, 3.05) is 11.4 Å². The van der Waals surface area contributed by atoms with E-state index in [-0.39, 0.29) is 12.0 Å². The summed E-state index contributed by atoms with van der Waals surface area (Å²) in [5, 5.41) is 8.81. The summed E-state index contributed by atoms with van der Waals surface area (Å²) < 4.78 is 5.77. The number of anilines is 1. The van der Waals surface area contributed by atoms with Crippen molar-refractivity contribution in [3.8, 4) is 6.07 Å². The molecule has 1 aromatic rings. The van der Waals surface area contributed by atoms with Gasteiger partial charge in [-0.25, -0.2) is 0 Å². The average Bonchev–Trinajstić information content (AvgIpc) is 2.93. The van der Waals surface area contributed by atoms with E-state index in [1.54, 1.807) is 4.90 Å². The van der Waals surface area contributed by atoms with Crippen LogP contribution in [-0.2, 0) is 9.53 Å². The second kappa shape index (κ2) is 7.95. The van der Waals surface area contributed by atoms with E-state index in [4.69, 9.17) is 10.00 Å². The molecule has 0 aromatic heterocycles. The Hall–Kier alpha value is -1.86. The van der Waals surface area contributed by atoms with Crippen LogP contribution in [0.3, 0.4) is 0 Å². The lowest BCUT2D eigenvalue weighted by molar-refractivity contribution is -0.119. The van der Waals surface area contributed by atoms with Crippen LogP contribution in [0.1, 0.15) is 44.6 Å². The second-order valence-electron chi connectivity index (χ2n) is 5.97. The molecular weight excluding hydrogens is 276 g/mol. The van der Waals surface area contributed by atoms with Crippen molar-refractivity contribution in [1.29, 1.82) is 5.26 Å². The number of carbonyl (C=O) groups excluding carboxylic acids is 1. The van der Waals surface area contributed by atoms with Crippen LogP contribution >= 0.6 is 0 Å². The highest BCUT2D eigenvalue weighted by molar-refractivity contribution is 5.93. The van der Waals surface area contributed by atoms with E-state index in [2.05, 4.69) is 13.0 Å². The first-order chi connectivity index (χ1) is 10.6. The molecule has 0 spiro atoms. The fourth-order valence-electron chi connectivity index (χ4n) is 2.80. The van der Waals surface area contributed by atoms with Crippen LogP contribution in [0.5, 0.6) is 0 Å². The fourth-order valence-corrected chi connectivity index (χ4v) is 2.80. The third-order valence-corrected chi connectivity index (χ3v) is 4.09. The van der Waals surface area contributed by atoms with E-state index in [0.717, 1.165) is 30.5 Å². The molecule has 2 rings (SSSR count). The zero-order valence-corrected chi connectivity index (χ0v) is 13.4. The third kappa shape index (κ3) is 4.57. The molecule has 2 atom stereocenters. The third-order valence-electron chi connectivity index (χ3n) is 4.09. The number of carbonyl (C=O) groups is 1. The molecule has 1 amide bonds. The summed E-state index contributed by atoms with van der Waals surface area (Å²) in [6.45, 7) is 4.54. The number of benzene rings is 1. The molecule has 0 radical (unpaired) electrons. The van der Waals surface area contributed by atoms with Gasteiger partial charge in [0.1, 0.15) is 0 Å². The Morgan fingerprint density at radius 2 is 2.09 bits per heavy atom. The Morgan fingerprint density at radius 1 is 1.36 bits per heavy atom. The summed E-state index contributed by atoms with van der Waals surface area (Å²) in [7, 11) is 0.